The van der Waals surface area contributed by atoms with Crippen LogP contribution in [0.5, 0.6) is 0 Å². The minimum atomic E-state index is -0.349. The third-order valence-corrected chi connectivity index (χ3v) is 4.06. The van der Waals surface area contributed by atoms with Gasteiger partial charge >= 0.3 is 0 Å². The third-order valence-electron chi connectivity index (χ3n) is 4.06. The van der Waals surface area contributed by atoms with Gasteiger partial charge in [-0.3, -0.25) is 4.79 Å². The fourth-order valence-corrected chi connectivity index (χ4v) is 3.02. The Kier molecular flexibility index (Phi) is 3.04. The summed E-state index contributed by atoms with van der Waals surface area (Å²) in [5, 5.41) is 3.37. The van der Waals surface area contributed by atoms with Gasteiger partial charge in [0.2, 0.25) is 0 Å². The zero-order chi connectivity index (χ0) is 12.5. The first-order chi connectivity index (χ1) is 8.74. The molecule has 0 saturated carbocycles. The number of hydrogen-bond donors (Lipinski definition) is 1. The number of rotatable bonds is 1. The van der Waals surface area contributed by atoms with Crippen molar-refractivity contribution >= 4 is 5.91 Å². The summed E-state index contributed by atoms with van der Waals surface area (Å²) in [6.45, 7) is 3.66. The predicted molar refractivity (Wildman–Crippen MR) is 66.8 cm³/mol. The lowest BCUT2D eigenvalue weighted by Gasteiger charge is -2.34. The van der Waals surface area contributed by atoms with Crippen LogP contribution in [0.3, 0.4) is 0 Å². The highest BCUT2D eigenvalue weighted by Crippen LogP contribution is 2.27. The van der Waals surface area contributed by atoms with Crippen LogP contribution in [0, 0.1) is 17.7 Å². The molecule has 0 aliphatic carbocycles. The molecule has 2 saturated heterocycles. The molecule has 4 heteroatoms. The van der Waals surface area contributed by atoms with Crippen molar-refractivity contribution < 1.29 is 9.18 Å². The Morgan fingerprint density at radius 2 is 2.17 bits per heavy atom. The van der Waals surface area contributed by atoms with Crippen molar-refractivity contribution in [1.82, 2.24) is 10.2 Å². The fraction of sp³-hybridized carbons (Fsp3) is 0.500. The number of nitrogens with zero attached hydrogens (tertiary/aromatic N) is 1. The number of carbonyl (C=O) groups excluding carboxylic acids is 1. The van der Waals surface area contributed by atoms with Gasteiger partial charge in [-0.05, 0) is 49.5 Å². The molecule has 0 aromatic heterocycles. The molecule has 2 aliphatic heterocycles. The Balaban J connectivity index is 1.73. The highest BCUT2D eigenvalue weighted by Gasteiger charge is 2.34. The van der Waals surface area contributed by atoms with Gasteiger partial charge < -0.3 is 10.2 Å². The van der Waals surface area contributed by atoms with Gasteiger partial charge in [-0.15, -0.1) is 0 Å². The monoisotopic (exact) mass is 248 g/mol. The Morgan fingerprint density at radius 3 is 3.00 bits per heavy atom. The molecule has 2 atom stereocenters. The minimum absolute atomic E-state index is 0.0418. The Bertz CT molecular complexity index is 463. The zero-order valence-electron chi connectivity index (χ0n) is 10.2. The lowest BCUT2D eigenvalue weighted by molar-refractivity contribution is 0.0642. The van der Waals surface area contributed by atoms with Crippen molar-refractivity contribution in [1.29, 1.82) is 0 Å². The molecule has 2 heterocycles. The van der Waals surface area contributed by atoms with Crippen molar-refractivity contribution in [3.63, 3.8) is 0 Å². The molecule has 0 spiro atoms. The Labute approximate surface area is 106 Å². The highest BCUT2D eigenvalue weighted by atomic mass is 19.1. The number of benzene rings is 1. The summed E-state index contributed by atoms with van der Waals surface area (Å²) < 4.78 is 13.1. The topological polar surface area (TPSA) is 32.3 Å². The summed E-state index contributed by atoms with van der Waals surface area (Å²) in [5.74, 6) is 0.885. The summed E-state index contributed by atoms with van der Waals surface area (Å²) in [7, 11) is 0. The van der Waals surface area contributed by atoms with Crippen LogP contribution < -0.4 is 5.32 Å². The normalized spacial score (nSPS) is 27.1. The maximum Gasteiger partial charge on any atom is 0.253 e. The molecule has 3 nitrogen and oxygen atoms in total. The predicted octanol–water partition coefficient (Wildman–Crippen LogP) is 1.51. The lowest BCUT2D eigenvalue weighted by atomic mass is 9.88. The molecule has 96 valence electrons. The van der Waals surface area contributed by atoms with E-state index in [1.807, 2.05) is 4.90 Å². The van der Waals surface area contributed by atoms with E-state index in [1.165, 1.54) is 12.1 Å². The van der Waals surface area contributed by atoms with Crippen LogP contribution >= 0.6 is 0 Å². The third kappa shape index (κ3) is 2.12. The van der Waals surface area contributed by atoms with Crippen LogP contribution in [-0.4, -0.2) is 37.0 Å². The van der Waals surface area contributed by atoms with Gasteiger partial charge in [0.05, 0.1) is 0 Å². The molecule has 3 rings (SSSR count). The standard InChI is InChI=1S/C14H17FN2O/c15-13-3-1-2-10(6-13)14(18)17-5-4-11-7-16-8-12(11)9-17/h1-3,6,11-12,16H,4-5,7-9H2. The van der Waals surface area contributed by atoms with E-state index in [0.29, 0.717) is 17.4 Å². The summed E-state index contributed by atoms with van der Waals surface area (Å²) in [6, 6.07) is 5.96. The number of likely N-dealkylation sites (tertiary alicyclic amines) is 1. The second kappa shape index (κ2) is 4.69. The molecule has 1 N–H and O–H groups in total. The van der Waals surface area contributed by atoms with Crippen LogP contribution in [0.25, 0.3) is 0 Å². The second-order valence-corrected chi connectivity index (χ2v) is 5.23. The molecule has 0 bridgehead atoms. The smallest absolute Gasteiger partial charge is 0.253 e. The molecule has 1 aromatic rings. The van der Waals surface area contributed by atoms with Crippen LogP contribution in [0.1, 0.15) is 16.8 Å². The van der Waals surface area contributed by atoms with Gasteiger partial charge in [0.25, 0.3) is 5.91 Å². The average Bonchev–Trinajstić information content (AvgIpc) is 2.85. The molecule has 2 aliphatic rings. The van der Waals surface area contributed by atoms with Gasteiger partial charge in [0.15, 0.2) is 0 Å². The first-order valence-corrected chi connectivity index (χ1v) is 6.49. The van der Waals surface area contributed by atoms with Gasteiger partial charge in [0.1, 0.15) is 5.82 Å². The van der Waals surface area contributed by atoms with E-state index in [4.69, 9.17) is 0 Å². The van der Waals surface area contributed by atoms with Gasteiger partial charge in [-0.2, -0.15) is 0 Å². The zero-order valence-corrected chi connectivity index (χ0v) is 10.2. The van der Waals surface area contributed by atoms with E-state index in [2.05, 4.69) is 5.32 Å². The Hall–Kier alpha value is -1.42. The summed E-state index contributed by atoms with van der Waals surface area (Å²) in [6.07, 6.45) is 1.05. The quantitative estimate of drug-likeness (QED) is 0.817. The number of hydrogen-bond acceptors (Lipinski definition) is 2. The summed E-state index contributed by atoms with van der Waals surface area (Å²) >= 11 is 0. The molecule has 18 heavy (non-hydrogen) atoms. The van der Waals surface area contributed by atoms with E-state index in [9.17, 15) is 9.18 Å². The van der Waals surface area contributed by atoms with E-state index < -0.39 is 0 Å². The highest BCUT2D eigenvalue weighted by molar-refractivity contribution is 5.94. The van der Waals surface area contributed by atoms with Crippen molar-refractivity contribution in [2.45, 2.75) is 6.42 Å². The number of amides is 1. The Morgan fingerprint density at radius 1 is 1.33 bits per heavy atom. The maximum absolute atomic E-state index is 13.1. The first kappa shape index (κ1) is 11.7. The van der Waals surface area contributed by atoms with E-state index in [-0.39, 0.29) is 11.7 Å². The number of carbonyl (C=O) groups is 1. The van der Waals surface area contributed by atoms with Crippen LogP contribution in [0.2, 0.25) is 0 Å². The lowest BCUT2D eigenvalue weighted by Crippen LogP contribution is -2.43. The van der Waals surface area contributed by atoms with E-state index in [1.54, 1.807) is 12.1 Å². The first-order valence-electron chi connectivity index (χ1n) is 6.49. The number of piperidine rings is 1. The number of nitrogens with one attached hydrogen (secondary N) is 1. The van der Waals surface area contributed by atoms with Crippen molar-refractivity contribution in [2.75, 3.05) is 26.2 Å². The number of halogens is 1. The average molecular weight is 248 g/mol. The molecule has 1 aromatic carbocycles. The van der Waals surface area contributed by atoms with Gasteiger partial charge in [-0.25, -0.2) is 4.39 Å². The maximum atomic E-state index is 13.1. The minimum Gasteiger partial charge on any atom is -0.338 e. The summed E-state index contributed by atoms with van der Waals surface area (Å²) in [5.41, 5.74) is 0.458. The number of fused-ring (bicyclic) bond motifs is 1. The van der Waals surface area contributed by atoms with Crippen molar-refractivity contribution in [2.24, 2.45) is 11.8 Å². The molecule has 2 fully saturated rings. The second-order valence-electron chi connectivity index (χ2n) is 5.23. The van der Waals surface area contributed by atoms with E-state index in [0.717, 1.165) is 32.6 Å². The largest absolute Gasteiger partial charge is 0.338 e. The van der Waals surface area contributed by atoms with Crippen LogP contribution in [0.15, 0.2) is 24.3 Å². The fourth-order valence-electron chi connectivity index (χ4n) is 3.02. The molecule has 2 unspecified atom stereocenters. The van der Waals surface area contributed by atoms with E-state index >= 15 is 0 Å². The SMILES string of the molecule is O=C(c1cccc(F)c1)N1CCC2CNCC2C1. The summed E-state index contributed by atoms with van der Waals surface area (Å²) in [4.78, 5) is 14.1. The van der Waals surface area contributed by atoms with Gasteiger partial charge in [0, 0.05) is 18.7 Å². The van der Waals surface area contributed by atoms with Crippen molar-refractivity contribution in [3.8, 4) is 0 Å². The van der Waals surface area contributed by atoms with Gasteiger partial charge in [-0.1, -0.05) is 6.07 Å². The van der Waals surface area contributed by atoms with Crippen LogP contribution in [0.4, 0.5) is 4.39 Å². The van der Waals surface area contributed by atoms with Crippen LogP contribution in [-0.2, 0) is 0 Å². The molecular formula is C14H17FN2O. The molecule has 1 amide bonds. The molecular weight excluding hydrogens is 231 g/mol. The van der Waals surface area contributed by atoms with Crippen molar-refractivity contribution in [3.05, 3.63) is 35.6 Å². The molecule has 0 radical (unpaired) electrons.